The van der Waals surface area contributed by atoms with E-state index in [2.05, 4.69) is 4.40 Å². The highest BCUT2D eigenvalue weighted by Crippen LogP contribution is 2.37. The first kappa shape index (κ1) is 20.1. The fraction of sp³-hybridized carbons (Fsp3) is 0.400. The van der Waals surface area contributed by atoms with Gasteiger partial charge in [-0.2, -0.15) is 0 Å². The van der Waals surface area contributed by atoms with Gasteiger partial charge in [0.2, 0.25) is 0 Å². The van der Waals surface area contributed by atoms with Gasteiger partial charge in [0.1, 0.15) is 0 Å². The van der Waals surface area contributed by atoms with Crippen LogP contribution >= 0.6 is 11.9 Å². The molecule has 0 saturated carbocycles. The number of nitro groups is 1. The minimum Gasteiger partial charge on any atom is -0.289 e. The third-order valence-electron chi connectivity index (χ3n) is 3.99. The molecule has 138 valence electrons. The maximum Gasteiger partial charge on any atom is 0.269 e. The zero-order valence-electron chi connectivity index (χ0n) is 16.0. The molecule has 2 rings (SSSR count). The van der Waals surface area contributed by atoms with E-state index in [1.807, 2.05) is 53.7 Å². The second kappa shape index (κ2) is 7.19. The largest absolute Gasteiger partial charge is 0.289 e. The molecular formula is C20H24N2O3S. The quantitative estimate of drug-likeness (QED) is 0.301. The zero-order chi connectivity index (χ0) is 19.7. The van der Waals surface area contributed by atoms with E-state index in [0.717, 1.165) is 21.8 Å². The summed E-state index contributed by atoms with van der Waals surface area (Å²) in [5, 5.41) is 10.7. The molecule has 0 spiro atoms. The van der Waals surface area contributed by atoms with Gasteiger partial charge in [0.05, 0.1) is 10.6 Å². The summed E-state index contributed by atoms with van der Waals surface area (Å²) < 4.78 is 4.55. The molecule has 1 aromatic carbocycles. The number of carbonyl (C=O) groups is 1. The van der Waals surface area contributed by atoms with E-state index in [4.69, 9.17) is 0 Å². The fourth-order valence-corrected chi connectivity index (χ4v) is 3.09. The predicted molar refractivity (Wildman–Crippen MR) is 106 cm³/mol. The zero-order valence-corrected chi connectivity index (χ0v) is 16.8. The van der Waals surface area contributed by atoms with Gasteiger partial charge in [0.25, 0.3) is 5.69 Å². The molecule has 0 aromatic heterocycles. The molecule has 0 saturated heterocycles. The van der Waals surface area contributed by atoms with Crippen LogP contribution in [-0.4, -0.2) is 16.4 Å². The van der Waals surface area contributed by atoms with Crippen LogP contribution in [0.15, 0.2) is 56.9 Å². The predicted octanol–water partition coefficient (Wildman–Crippen LogP) is 5.57. The van der Waals surface area contributed by atoms with E-state index < -0.39 is 4.92 Å². The molecule has 0 heterocycles. The molecule has 1 aromatic rings. The first-order valence-corrected chi connectivity index (χ1v) is 9.15. The van der Waals surface area contributed by atoms with E-state index in [-0.39, 0.29) is 22.3 Å². The molecule has 0 atom stereocenters. The molecule has 0 fully saturated rings. The van der Waals surface area contributed by atoms with Crippen molar-refractivity contribution < 1.29 is 9.72 Å². The van der Waals surface area contributed by atoms with Gasteiger partial charge in [-0.15, -0.1) is 0 Å². The van der Waals surface area contributed by atoms with Crippen LogP contribution in [0.25, 0.3) is 0 Å². The van der Waals surface area contributed by atoms with Gasteiger partial charge < -0.3 is 0 Å². The van der Waals surface area contributed by atoms with Crippen LogP contribution in [-0.2, 0) is 4.79 Å². The van der Waals surface area contributed by atoms with Crippen LogP contribution in [0.4, 0.5) is 5.69 Å². The number of allylic oxidation sites excluding steroid dienone is 4. The minimum absolute atomic E-state index is 0.0510. The Labute approximate surface area is 158 Å². The van der Waals surface area contributed by atoms with E-state index in [1.165, 1.54) is 24.1 Å². The lowest BCUT2D eigenvalue weighted by atomic mass is 9.72. The number of hydrogen-bond donors (Lipinski definition) is 0. The monoisotopic (exact) mass is 372 g/mol. The summed E-state index contributed by atoms with van der Waals surface area (Å²) in [7, 11) is 0. The van der Waals surface area contributed by atoms with Gasteiger partial charge in [0.15, 0.2) is 5.78 Å². The summed E-state index contributed by atoms with van der Waals surface area (Å²) in [6, 6.07) is 6.26. The fourth-order valence-electron chi connectivity index (χ4n) is 2.51. The molecule has 0 amide bonds. The molecule has 0 aliphatic heterocycles. The number of nitro benzene ring substituents is 1. The van der Waals surface area contributed by atoms with E-state index in [9.17, 15) is 14.9 Å². The van der Waals surface area contributed by atoms with Crippen LogP contribution in [0.2, 0.25) is 0 Å². The molecule has 0 bridgehead atoms. The van der Waals surface area contributed by atoms with Crippen molar-refractivity contribution in [2.24, 2.45) is 15.2 Å². The Hall–Kier alpha value is -2.21. The Kier molecular flexibility index (Phi) is 5.56. The van der Waals surface area contributed by atoms with Crippen molar-refractivity contribution in [3.63, 3.8) is 0 Å². The first-order valence-electron chi connectivity index (χ1n) is 8.38. The van der Waals surface area contributed by atoms with Gasteiger partial charge in [-0.3, -0.25) is 14.9 Å². The number of carbonyl (C=O) groups excluding carboxylic acids is 1. The molecule has 1 aliphatic carbocycles. The number of benzene rings is 1. The number of nitrogens with zero attached hydrogens (tertiary/aromatic N) is 2. The number of Topliss-reactive ketones (excluding diaryl/α,β-unsaturated/α-hetero) is 1. The van der Waals surface area contributed by atoms with Crippen molar-refractivity contribution in [1.82, 2.24) is 0 Å². The van der Waals surface area contributed by atoms with Crippen molar-refractivity contribution in [1.29, 1.82) is 0 Å². The van der Waals surface area contributed by atoms with Crippen LogP contribution in [0.3, 0.4) is 0 Å². The molecule has 26 heavy (non-hydrogen) atoms. The Morgan fingerprint density at radius 1 is 0.923 bits per heavy atom. The molecule has 5 nitrogen and oxygen atoms in total. The molecule has 6 heteroatoms. The lowest BCUT2D eigenvalue weighted by molar-refractivity contribution is -0.384. The van der Waals surface area contributed by atoms with E-state index >= 15 is 0 Å². The van der Waals surface area contributed by atoms with Crippen molar-refractivity contribution >= 4 is 29.1 Å². The second-order valence-corrected chi connectivity index (χ2v) is 9.14. The van der Waals surface area contributed by atoms with Crippen LogP contribution in [0.5, 0.6) is 0 Å². The van der Waals surface area contributed by atoms with Gasteiger partial charge in [-0.25, -0.2) is 4.40 Å². The highest BCUT2D eigenvalue weighted by atomic mass is 32.2. The number of rotatable bonds is 3. The smallest absolute Gasteiger partial charge is 0.269 e. The normalized spacial score (nSPS) is 15.5. The lowest BCUT2D eigenvalue weighted by Gasteiger charge is -2.30. The third-order valence-corrected chi connectivity index (χ3v) is 4.78. The summed E-state index contributed by atoms with van der Waals surface area (Å²) in [5.74, 6) is 0.0734. The Balaban J connectivity index is 2.36. The van der Waals surface area contributed by atoms with Crippen molar-refractivity contribution in [3.05, 3.63) is 57.7 Å². The molecule has 0 radical (unpaired) electrons. The summed E-state index contributed by atoms with van der Waals surface area (Å²) >= 11 is 1.24. The summed E-state index contributed by atoms with van der Waals surface area (Å²) in [4.78, 5) is 24.0. The van der Waals surface area contributed by atoms with Gasteiger partial charge in [0, 0.05) is 40.1 Å². The number of non-ortho nitro benzene ring substituents is 1. The molecular weight excluding hydrogens is 348 g/mol. The highest BCUT2D eigenvalue weighted by Gasteiger charge is 2.34. The SMILES string of the molecule is CC(C)(C)C1=CC(=NSc2ccc([N+](=O)[O-])cc2)C=C(C(C)(C)C)C1=O. The maximum absolute atomic E-state index is 12.9. The van der Waals surface area contributed by atoms with Gasteiger partial charge in [-0.1, -0.05) is 41.5 Å². The van der Waals surface area contributed by atoms with E-state index in [0.29, 0.717) is 0 Å². The van der Waals surface area contributed by atoms with Crippen LogP contribution in [0, 0.1) is 20.9 Å². The Morgan fingerprint density at radius 3 is 1.77 bits per heavy atom. The topological polar surface area (TPSA) is 72.6 Å². The van der Waals surface area contributed by atoms with E-state index in [1.54, 1.807) is 12.1 Å². The average molecular weight is 372 g/mol. The molecule has 0 N–H and O–H groups in total. The lowest BCUT2D eigenvalue weighted by Crippen LogP contribution is -2.29. The van der Waals surface area contributed by atoms with Gasteiger partial charge >= 0.3 is 0 Å². The summed E-state index contributed by atoms with van der Waals surface area (Å²) in [6.45, 7) is 12.1. The molecule has 0 unspecified atom stereocenters. The van der Waals surface area contributed by atoms with Crippen molar-refractivity contribution in [2.75, 3.05) is 0 Å². The van der Waals surface area contributed by atoms with Crippen LogP contribution < -0.4 is 0 Å². The Bertz CT molecular complexity index is 784. The average Bonchev–Trinajstić information content (AvgIpc) is 2.52. The third kappa shape index (κ3) is 4.69. The summed E-state index contributed by atoms with van der Waals surface area (Å²) in [6.07, 6.45) is 3.69. The first-order chi connectivity index (χ1) is 11.9. The highest BCUT2D eigenvalue weighted by molar-refractivity contribution is 7.98. The minimum atomic E-state index is -0.427. The Morgan fingerprint density at radius 2 is 1.38 bits per heavy atom. The van der Waals surface area contributed by atoms with Gasteiger partial charge in [-0.05, 0) is 35.1 Å². The number of ketones is 1. The number of hydrogen-bond acceptors (Lipinski definition) is 5. The summed E-state index contributed by atoms with van der Waals surface area (Å²) in [5.41, 5.74) is 1.71. The maximum atomic E-state index is 12.9. The molecule has 1 aliphatic rings. The van der Waals surface area contributed by atoms with Crippen molar-refractivity contribution in [3.8, 4) is 0 Å². The second-order valence-electron chi connectivity index (χ2n) is 8.30. The van der Waals surface area contributed by atoms with Crippen molar-refractivity contribution in [2.45, 2.75) is 46.4 Å². The standard InChI is InChI=1S/C20H24N2O3S/c1-19(2,3)16-11-13(12-17(18(16)23)20(4,5)6)21-26-15-9-7-14(8-10-15)22(24)25/h7-12H,1-6H3. The van der Waals surface area contributed by atoms with Crippen LogP contribution in [0.1, 0.15) is 41.5 Å².